The zero-order valence-corrected chi connectivity index (χ0v) is 9.91. The van der Waals surface area contributed by atoms with Crippen molar-refractivity contribution in [3.63, 3.8) is 0 Å². The van der Waals surface area contributed by atoms with Gasteiger partial charge in [-0.05, 0) is 24.6 Å². The van der Waals surface area contributed by atoms with Gasteiger partial charge in [0, 0.05) is 5.39 Å². The van der Waals surface area contributed by atoms with E-state index in [1.54, 1.807) is 0 Å². The zero-order valence-electron chi connectivity index (χ0n) is 9.91. The van der Waals surface area contributed by atoms with Crippen molar-refractivity contribution < 1.29 is 19.8 Å². The highest BCUT2D eigenvalue weighted by Gasteiger charge is 2.08. The van der Waals surface area contributed by atoms with E-state index in [0.29, 0.717) is 16.7 Å². The Bertz CT molecular complexity index is 656. The van der Waals surface area contributed by atoms with E-state index < -0.39 is 18.0 Å². The monoisotopic (exact) mass is 259 g/mol. The summed E-state index contributed by atoms with van der Waals surface area (Å²) in [6.45, 7) is 1.42. The summed E-state index contributed by atoms with van der Waals surface area (Å²) in [7, 11) is 0. The first-order chi connectivity index (χ1) is 8.99. The first-order valence-electron chi connectivity index (χ1n) is 5.42. The van der Waals surface area contributed by atoms with E-state index in [2.05, 4.69) is 15.3 Å². The van der Waals surface area contributed by atoms with E-state index in [4.69, 9.17) is 0 Å². The van der Waals surface area contributed by atoms with Crippen LogP contribution < -0.4 is 15.5 Å². The lowest BCUT2D eigenvalue weighted by molar-refractivity contribution is -0.306. The van der Waals surface area contributed by atoms with E-state index in [1.807, 2.05) is 0 Å². The molecule has 7 heteroatoms. The number of carboxylic acids is 2. The lowest BCUT2D eigenvalue weighted by Crippen LogP contribution is -2.38. The number of nitrogens with one attached hydrogen (secondary N) is 1. The summed E-state index contributed by atoms with van der Waals surface area (Å²) in [4.78, 5) is 29.3. The zero-order chi connectivity index (χ0) is 14.0. The van der Waals surface area contributed by atoms with Gasteiger partial charge in [-0.25, -0.2) is 9.97 Å². The van der Waals surface area contributed by atoms with E-state index in [1.165, 1.54) is 31.5 Å². The lowest BCUT2D eigenvalue weighted by atomic mass is 10.1. The normalized spacial score (nSPS) is 12.1. The predicted octanol–water partition coefficient (Wildman–Crippen LogP) is -1.46. The van der Waals surface area contributed by atoms with Crippen LogP contribution in [0, 0.1) is 0 Å². The van der Waals surface area contributed by atoms with E-state index >= 15 is 0 Å². The summed E-state index contributed by atoms with van der Waals surface area (Å²) < 4.78 is 0. The number of anilines is 1. The Hall–Kier alpha value is -2.70. The fourth-order valence-electron chi connectivity index (χ4n) is 1.56. The molecule has 0 aliphatic carbocycles. The van der Waals surface area contributed by atoms with Crippen molar-refractivity contribution >= 4 is 28.7 Å². The van der Waals surface area contributed by atoms with Crippen LogP contribution >= 0.6 is 0 Å². The molecule has 98 valence electrons. The maximum absolute atomic E-state index is 10.7. The summed E-state index contributed by atoms with van der Waals surface area (Å²) in [6.07, 6.45) is 1.21. The van der Waals surface area contributed by atoms with Crippen molar-refractivity contribution in [1.82, 2.24) is 9.97 Å². The van der Waals surface area contributed by atoms with E-state index in [-0.39, 0.29) is 5.56 Å². The second-order valence-electron chi connectivity index (χ2n) is 3.93. The van der Waals surface area contributed by atoms with Gasteiger partial charge in [0.2, 0.25) is 0 Å². The number of fused-ring (bicyclic) bond motifs is 1. The standard InChI is InChI=1S/C12H11N3O4/c1-6(11(16)17)15-10-8-3-2-7(12(18)19)4-9(8)13-5-14-10/h2-6H,1H3,(H,16,17)(H,18,19)(H,13,14,15)/p-2/t6-/m0/s1. The average molecular weight is 259 g/mol. The number of nitrogens with zero attached hydrogens (tertiary/aromatic N) is 2. The number of hydrogen-bond acceptors (Lipinski definition) is 7. The summed E-state index contributed by atoms with van der Waals surface area (Å²) in [5.74, 6) is -2.28. The minimum absolute atomic E-state index is 0.00917. The number of carbonyl (C=O) groups excluding carboxylic acids is 2. The summed E-state index contributed by atoms with van der Waals surface area (Å²) >= 11 is 0. The van der Waals surface area contributed by atoms with Gasteiger partial charge in [-0.3, -0.25) is 0 Å². The molecule has 0 aliphatic rings. The smallest absolute Gasteiger partial charge is 0.137 e. The van der Waals surface area contributed by atoms with Gasteiger partial charge in [-0.1, -0.05) is 6.07 Å². The molecule has 0 unspecified atom stereocenters. The molecule has 0 fully saturated rings. The Morgan fingerprint density at radius 2 is 2.00 bits per heavy atom. The molecule has 0 aliphatic heterocycles. The molecule has 7 nitrogen and oxygen atoms in total. The summed E-state index contributed by atoms with van der Waals surface area (Å²) in [6, 6.07) is 3.24. The number of rotatable bonds is 4. The SMILES string of the molecule is C[C@H](Nc1ncnc2cc(C(=O)[O-])ccc12)C(=O)[O-]. The van der Waals surface area contributed by atoms with Gasteiger partial charge in [0.25, 0.3) is 0 Å². The molecule has 1 heterocycles. The second kappa shape index (κ2) is 4.89. The molecule has 1 aromatic carbocycles. The van der Waals surface area contributed by atoms with Crippen LogP contribution in [0.5, 0.6) is 0 Å². The Morgan fingerprint density at radius 3 is 2.63 bits per heavy atom. The van der Waals surface area contributed by atoms with Crippen LogP contribution in [-0.2, 0) is 4.79 Å². The third kappa shape index (κ3) is 2.59. The van der Waals surface area contributed by atoms with Crippen LogP contribution in [0.3, 0.4) is 0 Å². The second-order valence-corrected chi connectivity index (χ2v) is 3.93. The molecule has 2 rings (SSSR count). The first kappa shape index (κ1) is 12.7. The molecule has 1 aromatic heterocycles. The maximum Gasteiger partial charge on any atom is 0.137 e. The fourth-order valence-corrected chi connectivity index (χ4v) is 1.56. The molecular weight excluding hydrogens is 250 g/mol. The minimum Gasteiger partial charge on any atom is -0.548 e. The van der Waals surface area contributed by atoms with Crippen LogP contribution in [0.25, 0.3) is 10.9 Å². The Morgan fingerprint density at radius 1 is 1.26 bits per heavy atom. The van der Waals surface area contributed by atoms with Crippen LogP contribution in [-0.4, -0.2) is 27.9 Å². The van der Waals surface area contributed by atoms with Crippen molar-refractivity contribution in [3.8, 4) is 0 Å². The molecular formula is C12H9N3O4-2. The number of aliphatic carboxylic acids is 1. The molecule has 2 aromatic rings. The van der Waals surface area contributed by atoms with Crippen molar-refractivity contribution in [1.29, 1.82) is 0 Å². The first-order valence-corrected chi connectivity index (χ1v) is 5.42. The topological polar surface area (TPSA) is 118 Å². The van der Waals surface area contributed by atoms with E-state index in [9.17, 15) is 19.8 Å². The third-order valence-electron chi connectivity index (χ3n) is 2.58. The molecule has 0 saturated carbocycles. The highest BCUT2D eigenvalue weighted by molar-refractivity contribution is 5.96. The van der Waals surface area contributed by atoms with Crippen LogP contribution in [0.15, 0.2) is 24.5 Å². The van der Waals surface area contributed by atoms with Gasteiger partial charge >= 0.3 is 0 Å². The van der Waals surface area contributed by atoms with Gasteiger partial charge in [-0.15, -0.1) is 0 Å². The number of aromatic carboxylic acids is 1. The maximum atomic E-state index is 10.7. The number of carboxylic acid groups (broad SMARTS) is 2. The fraction of sp³-hybridized carbons (Fsp3) is 0.167. The highest BCUT2D eigenvalue weighted by Crippen LogP contribution is 2.20. The number of carbonyl (C=O) groups is 2. The van der Waals surface area contributed by atoms with Crippen molar-refractivity contribution in [2.24, 2.45) is 0 Å². The molecule has 19 heavy (non-hydrogen) atoms. The van der Waals surface area contributed by atoms with Gasteiger partial charge in [0.15, 0.2) is 0 Å². The van der Waals surface area contributed by atoms with Crippen molar-refractivity contribution in [2.75, 3.05) is 5.32 Å². The molecule has 1 N–H and O–H groups in total. The van der Waals surface area contributed by atoms with Crippen molar-refractivity contribution in [2.45, 2.75) is 13.0 Å². The van der Waals surface area contributed by atoms with Crippen molar-refractivity contribution in [3.05, 3.63) is 30.1 Å². The Labute approximate surface area is 107 Å². The Kier molecular flexibility index (Phi) is 3.28. The third-order valence-corrected chi connectivity index (χ3v) is 2.58. The van der Waals surface area contributed by atoms with E-state index in [0.717, 1.165) is 0 Å². The van der Waals surface area contributed by atoms with Gasteiger partial charge in [0.05, 0.1) is 23.5 Å². The predicted molar refractivity (Wildman–Crippen MR) is 62.0 cm³/mol. The largest absolute Gasteiger partial charge is 0.548 e. The van der Waals surface area contributed by atoms with Crippen LogP contribution in [0.1, 0.15) is 17.3 Å². The number of hydrogen-bond donors (Lipinski definition) is 1. The Balaban J connectivity index is 2.46. The van der Waals surface area contributed by atoms with Crippen LogP contribution in [0.2, 0.25) is 0 Å². The lowest BCUT2D eigenvalue weighted by Gasteiger charge is -2.16. The highest BCUT2D eigenvalue weighted by atomic mass is 16.4. The van der Waals surface area contributed by atoms with Gasteiger partial charge in [0.1, 0.15) is 12.1 Å². The molecule has 0 bridgehead atoms. The minimum atomic E-state index is -1.31. The van der Waals surface area contributed by atoms with Gasteiger partial charge < -0.3 is 25.1 Å². The van der Waals surface area contributed by atoms with Crippen LogP contribution in [0.4, 0.5) is 5.82 Å². The summed E-state index contributed by atoms with van der Waals surface area (Å²) in [5.41, 5.74) is 0.370. The number of benzene rings is 1. The molecule has 0 saturated heterocycles. The van der Waals surface area contributed by atoms with Gasteiger partial charge in [-0.2, -0.15) is 0 Å². The summed E-state index contributed by atoms with van der Waals surface area (Å²) in [5, 5.41) is 24.6. The molecule has 0 spiro atoms. The number of aromatic nitrogens is 2. The molecule has 0 amide bonds. The quantitative estimate of drug-likeness (QED) is 0.713. The average Bonchev–Trinajstić information content (AvgIpc) is 2.38. The molecule has 0 radical (unpaired) electrons. The molecule has 1 atom stereocenters.